The minimum Gasteiger partial charge on any atom is -0.340 e. The molecule has 0 saturated carbocycles. The van der Waals surface area contributed by atoms with Gasteiger partial charge in [0.2, 0.25) is 0 Å². The summed E-state index contributed by atoms with van der Waals surface area (Å²) in [6.07, 6.45) is 0. The molecular formula is C19H18F2N4. The van der Waals surface area contributed by atoms with Crippen LogP contribution >= 0.6 is 0 Å². The molecule has 0 radical (unpaired) electrons. The number of nitrogens with zero attached hydrogens (tertiary/aromatic N) is 2. The molecule has 3 aromatic rings. The molecule has 6 heteroatoms. The highest BCUT2D eigenvalue weighted by Gasteiger charge is 2.11. The molecule has 0 bridgehead atoms. The third-order valence-corrected chi connectivity index (χ3v) is 3.70. The first kappa shape index (κ1) is 16.8. The Morgan fingerprint density at radius 2 is 1.44 bits per heavy atom. The van der Waals surface area contributed by atoms with Crippen LogP contribution in [0.25, 0.3) is 0 Å². The van der Waals surface area contributed by atoms with E-state index in [4.69, 9.17) is 0 Å². The van der Waals surface area contributed by atoms with Gasteiger partial charge in [-0.25, -0.2) is 18.7 Å². The van der Waals surface area contributed by atoms with Crippen LogP contribution in [0.1, 0.15) is 17.0 Å². The number of aryl methyl sites for hydroxylation is 3. The summed E-state index contributed by atoms with van der Waals surface area (Å²) < 4.78 is 27.6. The van der Waals surface area contributed by atoms with E-state index in [-0.39, 0.29) is 5.69 Å². The molecule has 4 nitrogen and oxygen atoms in total. The number of rotatable bonds is 4. The van der Waals surface area contributed by atoms with E-state index >= 15 is 0 Å². The van der Waals surface area contributed by atoms with Crippen molar-refractivity contribution in [3.63, 3.8) is 0 Å². The number of hydrogen-bond acceptors (Lipinski definition) is 4. The first-order chi connectivity index (χ1) is 11.9. The third-order valence-electron chi connectivity index (χ3n) is 3.70. The highest BCUT2D eigenvalue weighted by molar-refractivity contribution is 5.65. The molecule has 1 aromatic heterocycles. The lowest BCUT2D eigenvalue weighted by Gasteiger charge is -2.13. The fraction of sp³-hybridized carbons (Fsp3) is 0.158. The van der Waals surface area contributed by atoms with Gasteiger partial charge < -0.3 is 10.6 Å². The Bertz CT molecular complexity index is 905. The normalized spacial score (nSPS) is 10.6. The number of hydrogen-bond donors (Lipinski definition) is 2. The van der Waals surface area contributed by atoms with Crippen LogP contribution in [0, 0.1) is 32.4 Å². The van der Waals surface area contributed by atoms with Crippen molar-refractivity contribution >= 4 is 23.0 Å². The van der Waals surface area contributed by atoms with Gasteiger partial charge in [-0.2, -0.15) is 0 Å². The average molecular weight is 340 g/mol. The monoisotopic (exact) mass is 340 g/mol. The van der Waals surface area contributed by atoms with Gasteiger partial charge in [-0.15, -0.1) is 0 Å². The van der Waals surface area contributed by atoms with Crippen LogP contribution in [0.15, 0.2) is 42.5 Å². The molecule has 0 fully saturated rings. The molecule has 2 N–H and O–H groups in total. The molecule has 25 heavy (non-hydrogen) atoms. The fourth-order valence-electron chi connectivity index (χ4n) is 2.53. The van der Waals surface area contributed by atoms with E-state index in [1.165, 1.54) is 23.8 Å². The van der Waals surface area contributed by atoms with E-state index in [0.717, 1.165) is 11.3 Å². The molecule has 128 valence electrons. The van der Waals surface area contributed by atoms with Crippen molar-refractivity contribution in [1.82, 2.24) is 9.97 Å². The van der Waals surface area contributed by atoms with Crippen LogP contribution in [-0.2, 0) is 0 Å². The smallest absolute Gasteiger partial charge is 0.149 e. The summed E-state index contributed by atoms with van der Waals surface area (Å²) in [5.74, 6) is -0.0308. The van der Waals surface area contributed by atoms with Gasteiger partial charge in [-0.05, 0) is 44.5 Å². The molecule has 0 saturated heterocycles. The summed E-state index contributed by atoms with van der Waals surface area (Å²) in [6.45, 7) is 5.74. The predicted octanol–water partition coefficient (Wildman–Crippen LogP) is 5.17. The minimum atomic E-state index is -0.680. The van der Waals surface area contributed by atoms with Crippen LogP contribution in [0.5, 0.6) is 0 Å². The van der Waals surface area contributed by atoms with Gasteiger partial charge >= 0.3 is 0 Å². The Morgan fingerprint density at radius 3 is 2.08 bits per heavy atom. The van der Waals surface area contributed by atoms with Gasteiger partial charge in [0.25, 0.3) is 0 Å². The summed E-state index contributed by atoms with van der Waals surface area (Å²) in [5, 5.41) is 5.91. The van der Waals surface area contributed by atoms with E-state index in [1.54, 1.807) is 13.0 Å². The zero-order valence-corrected chi connectivity index (χ0v) is 14.2. The zero-order chi connectivity index (χ0) is 18.0. The van der Waals surface area contributed by atoms with E-state index < -0.39 is 11.6 Å². The minimum absolute atomic E-state index is 0.238. The van der Waals surface area contributed by atoms with Crippen molar-refractivity contribution in [2.75, 3.05) is 10.6 Å². The maximum atomic E-state index is 13.8. The predicted molar refractivity (Wildman–Crippen MR) is 95.6 cm³/mol. The third kappa shape index (κ3) is 3.91. The number of aromatic nitrogens is 2. The Morgan fingerprint density at radius 1 is 0.800 bits per heavy atom. The molecule has 0 aliphatic carbocycles. The summed E-state index contributed by atoms with van der Waals surface area (Å²) >= 11 is 0. The maximum absolute atomic E-state index is 13.8. The largest absolute Gasteiger partial charge is 0.340 e. The van der Waals surface area contributed by atoms with Gasteiger partial charge in [-0.3, -0.25) is 0 Å². The second-order valence-corrected chi connectivity index (χ2v) is 5.85. The van der Waals surface area contributed by atoms with E-state index in [2.05, 4.69) is 26.7 Å². The number of anilines is 4. The molecule has 0 atom stereocenters. The Balaban J connectivity index is 1.90. The van der Waals surface area contributed by atoms with Crippen molar-refractivity contribution in [3.8, 4) is 0 Å². The van der Waals surface area contributed by atoms with Crippen LogP contribution in [0.4, 0.5) is 31.8 Å². The molecule has 0 unspecified atom stereocenters. The molecular weight excluding hydrogens is 322 g/mol. The first-order valence-corrected chi connectivity index (χ1v) is 7.83. The van der Waals surface area contributed by atoms with Crippen LogP contribution < -0.4 is 10.6 Å². The Kier molecular flexibility index (Phi) is 4.61. The quantitative estimate of drug-likeness (QED) is 0.688. The fourth-order valence-corrected chi connectivity index (χ4v) is 2.53. The Labute approximate surface area is 145 Å². The topological polar surface area (TPSA) is 49.8 Å². The second kappa shape index (κ2) is 6.84. The summed E-state index contributed by atoms with van der Waals surface area (Å²) in [4.78, 5) is 8.52. The van der Waals surface area contributed by atoms with Crippen LogP contribution in [-0.4, -0.2) is 9.97 Å². The zero-order valence-electron chi connectivity index (χ0n) is 14.2. The number of para-hydroxylation sites is 1. The van der Waals surface area contributed by atoms with Gasteiger partial charge in [0.15, 0.2) is 0 Å². The van der Waals surface area contributed by atoms with Crippen molar-refractivity contribution in [3.05, 3.63) is 71.1 Å². The molecule has 3 rings (SSSR count). The summed E-state index contributed by atoms with van der Waals surface area (Å²) in [7, 11) is 0. The maximum Gasteiger partial charge on any atom is 0.149 e. The number of benzene rings is 2. The molecule has 0 aliphatic heterocycles. The summed E-state index contributed by atoms with van der Waals surface area (Å²) in [6, 6.07) is 11.3. The SMILES string of the molecule is Cc1ccc(Nc2cc(Nc3c(F)cccc3F)nc(C)n2)c(C)c1. The number of halogens is 2. The van der Waals surface area contributed by atoms with Crippen molar-refractivity contribution in [2.24, 2.45) is 0 Å². The first-order valence-electron chi connectivity index (χ1n) is 7.83. The standard InChI is InChI=1S/C19H18F2N4/c1-11-7-8-16(12(2)9-11)24-17-10-18(23-13(3)22-17)25-19-14(20)5-4-6-15(19)21/h4-10H,1-3H3,(H2,22,23,24,25). The van der Waals surface area contributed by atoms with Crippen LogP contribution in [0.3, 0.4) is 0 Å². The lowest BCUT2D eigenvalue weighted by Crippen LogP contribution is -2.04. The average Bonchev–Trinajstić information content (AvgIpc) is 2.53. The van der Waals surface area contributed by atoms with Crippen molar-refractivity contribution in [2.45, 2.75) is 20.8 Å². The van der Waals surface area contributed by atoms with Gasteiger partial charge in [-0.1, -0.05) is 23.8 Å². The number of nitrogens with one attached hydrogen (secondary N) is 2. The molecule has 1 heterocycles. The molecule has 0 amide bonds. The van der Waals surface area contributed by atoms with E-state index in [0.29, 0.717) is 17.5 Å². The van der Waals surface area contributed by atoms with Gasteiger partial charge in [0.05, 0.1) is 0 Å². The second-order valence-electron chi connectivity index (χ2n) is 5.85. The highest BCUT2D eigenvalue weighted by atomic mass is 19.1. The molecule has 2 aromatic carbocycles. The molecule has 0 aliphatic rings. The van der Waals surface area contributed by atoms with Crippen molar-refractivity contribution < 1.29 is 8.78 Å². The lowest BCUT2D eigenvalue weighted by atomic mass is 10.1. The Hall–Kier alpha value is -3.02. The van der Waals surface area contributed by atoms with E-state index in [1.807, 2.05) is 26.0 Å². The van der Waals surface area contributed by atoms with E-state index in [9.17, 15) is 8.78 Å². The molecule has 0 spiro atoms. The van der Waals surface area contributed by atoms with Crippen molar-refractivity contribution in [1.29, 1.82) is 0 Å². The van der Waals surface area contributed by atoms with Gasteiger partial charge in [0, 0.05) is 11.8 Å². The van der Waals surface area contributed by atoms with Gasteiger partial charge in [0.1, 0.15) is 34.8 Å². The van der Waals surface area contributed by atoms with Crippen LogP contribution in [0.2, 0.25) is 0 Å². The highest BCUT2D eigenvalue weighted by Crippen LogP contribution is 2.25. The summed E-state index contributed by atoms with van der Waals surface area (Å²) in [5.41, 5.74) is 2.91. The lowest BCUT2D eigenvalue weighted by molar-refractivity contribution is 0.590.